The van der Waals surface area contributed by atoms with Gasteiger partial charge in [0.1, 0.15) is 29.2 Å². The first-order chi connectivity index (χ1) is 10.1. The van der Waals surface area contributed by atoms with Crippen LogP contribution in [0.5, 0.6) is 11.5 Å². The monoisotopic (exact) mass is 292 g/mol. The predicted molar refractivity (Wildman–Crippen MR) is 72.3 cm³/mol. The minimum absolute atomic E-state index is 0.238. The molecule has 2 atom stereocenters. The summed E-state index contributed by atoms with van der Waals surface area (Å²) in [6.07, 6.45) is -1.12. The zero-order valence-electron chi connectivity index (χ0n) is 11.3. The molecule has 3 nitrogen and oxygen atoms in total. The summed E-state index contributed by atoms with van der Waals surface area (Å²) in [5.74, 6) is -0.283. The first-order valence-electron chi connectivity index (χ1n) is 6.55. The second kappa shape index (κ2) is 5.33. The largest absolute Gasteiger partial charge is 0.497 e. The summed E-state index contributed by atoms with van der Waals surface area (Å²) in [6.45, 7) is 0. The van der Waals surface area contributed by atoms with Crippen molar-refractivity contribution in [2.45, 2.75) is 18.6 Å². The Balaban J connectivity index is 1.96. The van der Waals surface area contributed by atoms with Crippen molar-refractivity contribution in [1.82, 2.24) is 0 Å². The number of hydrogen-bond acceptors (Lipinski definition) is 3. The third-order valence-electron chi connectivity index (χ3n) is 3.54. The molecular weight excluding hydrogens is 278 g/mol. The Morgan fingerprint density at radius 2 is 1.86 bits per heavy atom. The van der Waals surface area contributed by atoms with Crippen molar-refractivity contribution in [3.05, 3.63) is 59.2 Å². The van der Waals surface area contributed by atoms with Crippen molar-refractivity contribution >= 4 is 0 Å². The highest BCUT2D eigenvalue weighted by molar-refractivity contribution is 5.44. The van der Waals surface area contributed by atoms with Crippen LogP contribution >= 0.6 is 0 Å². The molecule has 2 aromatic carbocycles. The van der Waals surface area contributed by atoms with Crippen molar-refractivity contribution in [2.75, 3.05) is 7.11 Å². The average Bonchev–Trinajstić information content (AvgIpc) is 2.45. The van der Waals surface area contributed by atoms with Crippen LogP contribution in [0, 0.1) is 11.6 Å². The Labute approximate surface area is 120 Å². The lowest BCUT2D eigenvalue weighted by Crippen LogP contribution is -2.19. The smallest absolute Gasteiger partial charge is 0.129 e. The van der Waals surface area contributed by atoms with Crippen LogP contribution in [0.4, 0.5) is 8.78 Å². The number of fused-ring (bicyclic) bond motifs is 1. The van der Waals surface area contributed by atoms with Gasteiger partial charge in [-0.2, -0.15) is 0 Å². The van der Waals surface area contributed by atoms with Gasteiger partial charge in [-0.15, -0.1) is 0 Å². The molecule has 0 bridgehead atoms. The molecular formula is C16H14F2O3. The molecule has 0 saturated carbocycles. The number of ether oxygens (including phenoxy) is 2. The summed E-state index contributed by atoms with van der Waals surface area (Å²) in [5.41, 5.74) is 1.00. The van der Waals surface area contributed by atoms with Crippen LogP contribution in [0.15, 0.2) is 36.4 Å². The molecule has 1 aliphatic rings. The molecule has 5 heteroatoms. The van der Waals surface area contributed by atoms with Crippen LogP contribution in [0.25, 0.3) is 0 Å². The van der Waals surface area contributed by atoms with Crippen molar-refractivity contribution in [3.63, 3.8) is 0 Å². The van der Waals surface area contributed by atoms with Gasteiger partial charge in [0, 0.05) is 24.1 Å². The van der Waals surface area contributed by atoms with E-state index in [1.165, 1.54) is 19.2 Å². The fourth-order valence-electron chi connectivity index (χ4n) is 2.52. The van der Waals surface area contributed by atoms with Crippen LogP contribution in [0.2, 0.25) is 0 Å². The van der Waals surface area contributed by atoms with Crippen molar-refractivity contribution in [2.24, 2.45) is 0 Å². The van der Waals surface area contributed by atoms with E-state index in [-0.39, 0.29) is 6.42 Å². The molecule has 0 radical (unpaired) electrons. The highest BCUT2D eigenvalue weighted by atomic mass is 19.1. The van der Waals surface area contributed by atoms with Crippen LogP contribution in [0.1, 0.15) is 29.8 Å². The topological polar surface area (TPSA) is 38.7 Å². The molecule has 1 heterocycles. The zero-order chi connectivity index (χ0) is 15.0. The molecule has 0 amide bonds. The van der Waals surface area contributed by atoms with Gasteiger partial charge in [0.25, 0.3) is 0 Å². The maximum absolute atomic E-state index is 13.3. The number of benzene rings is 2. The van der Waals surface area contributed by atoms with E-state index in [2.05, 4.69) is 0 Å². The van der Waals surface area contributed by atoms with Crippen molar-refractivity contribution in [1.29, 1.82) is 0 Å². The van der Waals surface area contributed by atoms with E-state index < -0.39 is 23.8 Å². The number of halogens is 2. The standard InChI is InChI=1S/C16H14F2O3/c1-20-12-2-3-13-14(19)8-15(21-16(13)7-12)9-4-10(17)6-11(18)5-9/h2-7,14-15,19H,8H2,1H3/t14-,15?/m0/s1. The summed E-state index contributed by atoms with van der Waals surface area (Å²) in [6, 6.07) is 8.34. The van der Waals surface area contributed by atoms with Gasteiger partial charge in [0.05, 0.1) is 13.2 Å². The molecule has 1 unspecified atom stereocenters. The third kappa shape index (κ3) is 2.69. The van der Waals surface area contributed by atoms with E-state index in [0.29, 0.717) is 22.6 Å². The average molecular weight is 292 g/mol. The third-order valence-corrected chi connectivity index (χ3v) is 3.54. The van der Waals surface area contributed by atoms with Crippen molar-refractivity contribution < 1.29 is 23.4 Å². The Kier molecular flexibility index (Phi) is 3.51. The van der Waals surface area contributed by atoms with Crippen LogP contribution < -0.4 is 9.47 Å². The van der Waals surface area contributed by atoms with E-state index >= 15 is 0 Å². The SMILES string of the molecule is COc1ccc2c(c1)OC(c1cc(F)cc(F)c1)C[C@@H]2O. The Morgan fingerprint density at radius 3 is 2.52 bits per heavy atom. The Morgan fingerprint density at radius 1 is 1.14 bits per heavy atom. The Hall–Kier alpha value is -2.14. The second-order valence-corrected chi connectivity index (χ2v) is 4.96. The highest BCUT2D eigenvalue weighted by Crippen LogP contribution is 2.42. The molecule has 0 aliphatic carbocycles. The first-order valence-corrected chi connectivity index (χ1v) is 6.55. The maximum atomic E-state index is 13.3. The quantitative estimate of drug-likeness (QED) is 0.920. The lowest BCUT2D eigenvalue weighted by atomic mass is 9.95. The molecule has 1 aliphatic heterocycles. The molecule has 0 aromatic heterocycles. The lowest BCUT2D eigenvalue weighted by molar-refractivity contribution is 0.0651. The van der Waals surface area contributed by atoms with Gasteiger partial charge in [0.15, 0.2) is 0 Å². The summed E-state index contributed by atoms with van der Waals surface area (Å²) in [4.78, 5) is 0. The summed E-state index contributed by atoms with van der Waals surface area (Å²) < 4.78 is 37.5. The molecule has 110 valence electrons. The van der Waals surface area contributed by atoms with E-state index in [1.54, 1.807) is 18.2 Å². The van der Waals surface area contributed by atoms with Crippen molar-refractivity contribution in [3.8, 4) is 11.5 Å². The summed E-state index contributed by atoms with van der Waals surface area (Å²) in [7, 11) is 1.53. The highest BCUT2D eigenvalue weighted by Gasteiger charge is 2.29. The number of rotatable bonds is 2. The molecule has 0 saturated heterocycles. The van der Waals surface area contributed by atoms with Crippen LogP contribution in [-0.4, -0.2) is 12.2 Å². The molecule has 3 rings (SSSR count). The minimum atomic E-state index is -0.754. The van der Waals surface area contributed by atoms with E-state index in [4.69, 9.17) is 9.47 Å². The predicted octanol–water partition coefficient (Wildman–Crippen LogP) is 3.53. The van der Waals surface area contributed by atoms with Gasteiger partial charge >= 0.3 is 0 Å². The molecule has 2 aromatic rings. The van der Waals surface area contributed by atoms with Gasteiger partial charge in [-0.3, -0.25) is 0 Å². The number of hydrogen-bond donors (Lipinski definition) is 1. The summed E-state index contributed by atoms with van der Waals surface area (Å²) >= 11 is 0. The second-order valence-electron chi connectivity index (χ2n) is 4.96. The van der Waals surface area contributed by atoms with Gasteiger partial charge in [-0.25, -0.2) is 8.78 Å². The lowest BCUT2D eigenvalue weighted by Gasteiger charge is -2.30. The van der Waals surface area contributed by atoms with Gasteiger partial charge < -0.3 is 14.6 Å². The fraction of sp³-hybridized carbons (Fsp3) is 0.250. The fourth-order valence-corrected chi connectivity index (χ4v) is 2.52. The van der Waals surface area contributed by atoms with Crippen LogP contribution in [-0.2, 0) is 0 Å². The first kappa shape index (κ1) is 13.8. The molecule has 0 spiro atoms. The zero-order valence-corrected chi connectivity index (χ0v) is 11.3. The van der Waals surface area contributed by atoms with Gasteiger partial charge in [0.2, 0.25) is 0 Å². The Bertz CT molecular complexity index is 652. The van der Waals surface area contributed by atoms with Gasteiger partial charge in [-0.05, 0) is 29.8 Å². The number of aliphatic hydroxyl groups is 1. The number of aliphatic hydroxyl groups excluding tert-OH is 1. The summed E-state index contributed by atoms with van der Waals surface area (Å²) in [5, 5.41) is 10.2. The van der Waals surface area contributed by atoms with Gasteiger partial charge in [-0.1, -0.05) is 0 Å². The molecule has 21 heavy (non-hydrogen) atoms. The normalized spacial score (nSPS) is 20.6. The minimum Gasteiger partial charge on any atom is -0.497 e. The number of methoxy groups -OCH3 is 1. The van der Waals surface area contributed by atoms with Crippen LogP contribution in [0.3, 0.4) is 0 Å². The molecule has 1 N–H and O–H groups in total. The maximum Gasteiger partial charge on any atom is 0.129 e. The van der Waals surface area contributed by atoms with E-state index in [0.717, 1.165) is 6.07 Å². The van der Waals surface area contributed by atoms with E-state index in [9.17, 15) is 13.9 Å². The van der Waals surface area contributed by atoms with E-state index in [1.807, 2.05) is 0 Å². The molecule has 0 fully saturated rings.